The maximum atomic E-state index is 5.10. The number of rotatable bonds is 14. The summed E-state index contributed by atoms with van der Waals surface area (Å²) >= 11 is 0. The van der Waals surface area contributed by atoms with E-state index in [2.05, 4.69) is 12.2 Å². The molecule has 0 amide bonds. The van der Waals surface area contributed by atoms with Crippen molar-refractivity contribution in [1.29, 1.82) is 0 Å². The second-order valence-corrected chi connectivity index (χ2v) is 5.67. The molecular formula is C16H33NO. The van der Waals surface area contributed by atoms with Crippen molar-refractivity contribution in [2.45, 2.75) is 90.2 Å². The van der Waals surface area contributed by atoms with Gasteiger partial charge in [-0.15, -0.1) is 0 Å². The van der Waals surface area contributed by atoms with Gasteiger partial charge in [-0.3, -0.25) is 5.32 Å². The van der Waals surface area contributed by atoms with Crippen molar-refractivity contribution in [2.24, 2.45) is 0 Å². The highest BCUT2D eigenvalue weighted by atomic mass is 16.6. The monoisotopic (exact) mass is 255 g/mol. The predicted octanol–water partition coefficient (Wildman–Crippen LogP) is 4.63. The zero-order chi connectivity index (χ0) is 12.9. The molecule has 2 heteroatoms. The number of hydrogen-bond acceptors (Lipinski definition) is 2. The Morgan fingerprint density at radius 1 is 0.778 bits per heavy atom. The topological polar surface area (TPSA) is 24.6 Å². The van der Waals surface area contributed by atoms with Crippen LogP contribution in [0.3, 0.4) is 0 Å². The summed E-state index contributed by atoms with van der Waals surface area (Å²) in [4.78, 5) is 0. The Kier molecular flexibility index (Phi) is 10.6. The third-order valence-corrected chi connectivity index (χ3v) is 3.74. The molecule has 0 radical (unpaired) electrons. The SMILES string of the molecule is CCCCCCCCCCCCCCNC1CO1. The molecule has 1 aliphatic rings. The molecule has 1 atom stereocenters. The van der Waals surface area contributed by atoms with Crippen LogP contribution in [0.1, 0.15) is 84.0 Å². The summed E-state index contributed by atoms with van der Waals surface area (Å²) in [6.45, 7) is 4.35. The van der Waals surface area contributed by atoms with Crippen molar-refractivity contribution < 1.29 is 4.74 Å². The zero-order valence-electron chi connectivity index (χ0n) is 12.4. The van der Waals surface area contributed by atoms with Crippen LogP contribution in [0, 0.1) is 0 Å². The number of nitrogens with one attached hydrogen (secondary N) is 1. The predicted molar refractivity (Wildman–Crippen MR) is 78.8 cm³/mol. The maximum absolute atomic E-state index is 5.10. The van der Waals surface area contributed by atoms with Crippen LogP contribution in [0.5, 0.6) is 0 Å². The Labute approximate surface area is 114 Å². The highest BCUT2D eigenvalue weighted by molar-refractivity contribution is 4.65. The van der Waals surface area contributed by atoms with Gasteiger partial charge in [-0.1, -0.05) is 77.6 Å². The Morgan fingerprint density at radius 2 is 1.22 bits per heavy atom. The molecule has 1 heterocycles. The first-order valence-electron chi connectivity index (χ1n) is 8.28. The third-order valence-electron chi connectivity index (χ3n) is 3.74. The minimum Gasteiger partial charge on any atom is -0.357 e. The van der Waals surface area contributed by atoms with Crippen LogP contribution in [0.25, 0.3) is 0 Å². The largest absolute Gasteiger partial charge is 0.357 e. The molecule has 0 spiro atoms. The first-order chi connectivity index (χ1) is 8.93. The fraction of sp³-hybridized carbons (Fsp3) is 1.00. The zero-order valence-corrected chi connectivity index (χ0v) is 12.4. The second-order valence-electron chi connectivity index (χ2n) is 5.67. The highest BCUT2D eigenvalue weighted by Gasteiger charge is 2.20. The Hall–Kier alpha value is -0.0800. The van der Waals surface area contributed by atoms with Crippen molar-refractivity contribution in [2.75, 3.05) is 13.2 Å². The summed E-state index contributed by atoms with van der Waals surface area (Å²) in [6, 6.07) is 0. The number of unbranched alkanes of at least 4 members (excludes halogenated alkanes) is 11. The van der Waals surface area contributed by atoms with Crippen molar-refractivity contribution in [3.63, 3.8) is 0 Å². The van der Waals surface area contributed by atoms with Crippen LogP contribution in [-0.2, 0) is 4.74 Å². The van der Waals surface area contributed by atoms with Gasteiger partial charge in [0, 0.05) is 0 Å². The summed E-state index contributed by atoms with van der Waals surface area (Å²) in [5, 5.41) is 3.37. The normalized spacial score (nSPS) is 18.2. The third kappa shape index (κ3) is 11.0. The van der Waals surface area contributed by atoms with Gasteiger partial charge in [0.1, 0.15) is 6.23 Å². The van der Waals surface area contributed by atoms with Gasteiger partial charge in [0.05, 0.1) is 6.61 Å². The molecule has 0 aromatic carbocycles. The average molecular weight is 255 g/mol. The van der Waals surface area contributed by atoms with Gasteiger partial charge in [0.15, 0.2) is 0 Å². The van der Waals surface area contributed by atoms with Gasteiger partial charge in [-0.2, -0.15) is 0 Å². The van der Waals surface area contributed by atoms with E-state index < -0.39 is 0 Å². The summed E-state index contributed by atoms with van der Waals surface area (Å²) in [5.41, 5.74) is 0. The Balaban J connectivity index is 1.60. The fourth-order valence-corrected chi connectivity index (χ4v) is 2.40. The van der Waals surface area contributed by atoms with Crippen LogP contribution >= 0.6 is 0 Å². The van der Waals surface area contributed by atoms with Gasteiger partial charge in [0.25, 0.3) is 0 Å². The Bertz CT molecular complexity index is 168. The van der Waals surface area contributed by atoms with E-state index in [-0.39, 0.29) is 0 Å². The standard InChI is InChI=1S/C16H33NO/c1-2-3-4-5-6-7-8-9-10-11-12-13-14-17-16-15-18-16/h16-17H,2-15H2,1H3. The molecule has 108 valence electrons. The maximum Gasteiger partial charge on any atom is 0.132 e. The van der Waals surface area contributed by atoms with E-state index in [0.29, 0.717) is 6.23 Å². The highest BCUT2D eigenvalue weighted by Crippen LogP contribution is 2.12. The lowest BCUT2D eigenvalue weighted by atomic mass is 10.1. The van der Waals surface area contributed by atoms with Crippen LogP contribution in [-0.4, -0.2) is 19.4 Å². The molecule has 2 nitrogen and oxygen atoms in total. The fourth-order valence-electron chi connectivity index (χ4n) is 2.40. The molecule has 1 aliphatic heterocycles. The lowest BCUT2D eigenvalue weighted by molar-refractivity contribution is 0.366. The molecule has 0 aliphatic carbocycles. The first kappa shape index (κ1) is 16.0. The molecule has 0 saturated carbocycles. The molecule has 1 N–H and O–H groups in total. The average Bonchev–Trinajstić information content (AvgIpc) is 3.19. The molecular weight excluding hydrogens is 222 g/mol. The molecule has 0 bridgehead atoms. The minimum atomic E-state index is 0.401. The molecule has 18 heavy (non-hydrogen) atoms. The van der Waals surface area contributed by atoms with Crippen LogP contribution in [0.15, 0.2) is 0 Å². The van der Waals surface area contributed by atoms with E-state index in [1.54, 1.807) is 0 Å². The number of ether oxygens (including phenoxy) is 1. The van der Waals surface area contributed by atoms with Gasteiger partial charge in [-0.25, -0.2) is 0 Å². The quantitative estimate of drug-likeness (QED) is 0.361. The van der Waals surface area contributed by atoms with Crippen molar-refractivity contribution >= 4 is 0 Å². The lowest BCUT2D eigenvalue weighted by Crippen LogP contribution is -2.18. The molecule has 0 aromatic rings. The van der Waals surface area contributed by atoms with Crippen molar-refractivity contribution in [3.8, 4) is 0 Å². The van der Waals surface area contributed by atoms with Crippen LogP contribution in [0.4, 0.5) is 0 Å². The van der Waals surface area contributed by atoms with Crippen molar-refractivity contribution in [1.82, 2.24) is 5.32 Å². The molecule has 1 saturated heterocycles. The summed E-state index contributed by atoms with van der Waals surface area (Å²) in [5.74, 6) is 0. The number of epoxide rings is 1. The lowest BCUT2D eigenvalue weighted by Gasteiger charge is -2.03. The van der Waals surface area contributed by atoms with E-state index in [1.807, 2.05) is 0 Å². The van der Waals surface area contributed by atoms with E-state index in [4.69, 9.17) is 4.74 Å². The summed E-state index contributed by atoms with van der Waals surface area (Å²) in [7, 11) is 0. The molecule has 1 rings (SSSR count). The summed E-state index contributed by atoms with van der Waals surface area (Å²) in [6.07, 6.45) is 17.5. The van der Waals surface area contributed by atoms with E-state index in [9.17, 15) is 0 Å². The molecule has 0 aromatic heterocycles. The van der Waals surface area contributed by atoms with Gasteiger partial charge in [-0.05, 0) is 13.0 Å². The summed E-state index contributed by atoms with van der Waals surface area (Å²) < 4.78 is 5.10. The second kappa shape index (κ2) is 12.0. The van der Waals surface area contributed by atoms with Crippen molar-refractivity contribution in [3.05, 3.63) is 0 Å². The van der Waals surface area contributed by atoms with Crippen LogP contribution in [0.2, 0.25) is 0 Å². The Morgan fingerprint density at radius 3 is 1.67 bits per heavy atom. The van der Waals surface area contributed by atoms with E-state index in [0.717, 1.165) is 13.2 Å². The van der Waals surface area contributed by atoms with Gasteiger partial charge >= 0.3 is 0 Å². The van der Waals surface area contributed by atoms with E-state index >= 15 is 0 Å². The molecule has 1 unspecified atom stereocenters. The van der Waals surface area contributed by atoms with Crippen LogP contribution < -0.4 is 5.32 Å². The number of hydrogen-bond donors (Lipinski definition) is 1. The smallest absolute Gasteiger partial charge is 0.132 e. The van der Waals surface area contributed by atoms with Gasteiger partial charge < -0.3 is 4.74 Å². The minimum absolute atomic E-state index is 0.401. The van der Waals surface area contributed by atoms with Gasteiger partial charge in [0.2, 0.25) is 0 Å². The van der Waals surface area contributed by atoms with E-state index in [1.165, 1.54) is 77.0 Å². The molecule has 1 fully saturated rings. The first-order valence-corrected chi connectivity index (χ1v) is 8.28.